The number of rotatable bonds is 6. The van der Waals surface area contributed by atoms with Crippen LogP contribution < -0.4 is 4.74 Å². The fourth-order valence-corrected chi connectivity index (χ4v) is 1.85. The quantitative estimate of drug-likeness (QED) is 0.762. The first-order valence-corrected chi connectivity index (χ1v) is 6.88. The van der Waals surface area contributed by atoms with Gasteiger partial charge in [-0.3, -0.25) is 0 Å². The van der Waals surface area contributed by atoms with Crippen LogP contribution in [0, 0.1) is 13.8 Å². The zero-order valence-corrected chi connectivity index (χ0v) is 12.5. The van der Waals surface area contributed by atoms with E-state index < -0.39 is 5.97 Å². The van der Waals surface area contributed by atoms with Gasteiger partial charge < -0.3 is 9.47 Å². The summed E-state index contributed by atoms with van der Waals surface area (Å²) in [6.07, 6.45) is 0. The number of benzene rings is 1. The molecule has 1 aromatic heterocycles. The second-order valence-electron chi connectivity index (χ2n) is 4.63. The van der Waals surface area contributed by atoms with Gasteiger partial charge >= 0.3 is 5.97 Å². The molecule has 112 valence electrons. The Kier molecular flexibility index (Phi) is 4.92. The van der Waals surface area contributed by atoms with Crippen molar-refractivity contribution in [2.45, 2.75) is 27.3 Å². The molecule has 0 amide bonds. The van der Waals surface area contributed by atoms with Gasteiger partial charge in [0.15, 0.2) is 5.69 Å². The number of aryl methyl sites for hydroxylation is 1. The van der Waals surface area contributed by atoms with Crippen molar-refractivity contribution in [2.24, 2.45) is 0 Å². The van der Waals surface area contributed by atoms with Gasteiger partial charge in [-0.05, 0) is 32.9 Å². The van der Waals surface area contributed by atoms with Crippen LogP contribution in [-0.2, 0) is 11.3 Å². The van der Waals surface area contributed by atoms with Gasteiger partial charge in [-0.2, -0.15) is 0 Å². The van der Waals surface area contributed by atoms with Crippen LogP contribution in [0.4, 0.5) is 0 Å². The van der Waals surface area contributed by atoms with Crippen molar-refractivity contribution in [2.75, 3.05) is 13.2 Å². The van der Waals surface area contributed by atoms with Gasteiger partial charge in [-0.25, -0.2) is 9.48 Å². The Labute approximate surface area is 123 Å². The molecule has 2 rings (SSSR count). The lowest BCUT2D eigenvalue weighted by molar-refractivity contribution is 0.0518. The summed E-state index contributed by atoms with van der Waals surface area (Å²) in [5.41, 5.74) is 2.13. The summed E-state index contributed by atoms with van der Waals surface area (Å²) in [6.45, 7) is 6.87. The van der Waals surface area contributed by atoms with E-state index in [4.69, 9.17) is 9.47 Å². The molecule has 0 saturated heterocycles. The average molecular weight is 289 g/mol. The van der Waals surface area contributed by atoms with Crippen LogP contribution in [0.25, 0.3) is 0 Å². The highest BCUT2D eigenvalue weighted by atomic mass is 16.5. The van der Waals surface area contributed by atoms with E-state index >= 15 is 0 Å². The molecule has 0 spiro atoms. The van der Waals surface area contributed by atoms with E-state index in [1.165, 1.54) is 5.56 Å². The van der Waals surface area contributed by atoms with E-state index in [0.29, 0.717) is 25.5 Å². The molecule has 6 nitrogen and oxygen atoms in total. The second kappa shape index (κ2) is 6.88. The predicted octanol–water partition coefficient (Wildman–Crippen LogP) is 2.15. The monoisotopic (exact) mass is 289 g/mol. The second-order valence-corrected chi connectivity index (χ2v) is 4.63. The first kappa shape index (κ1) is 15.0. The molecular weight excluding hydrogens is 270 g/mol. The summed E-state index contributed by atoms with van der Waals surface area (Å²) in [5.74, 6) is 0.365. The number of hydrogen-bond acceptors (Lipinski definition) is 5. The Morgan fingerprint density at radius 2 is 1.95 bits per heavy atom. The molecule has 0 unspecified atom stereocenters. The Morgan fingerprint density at radius 3 is 2.62 bits per heavy atom. The zero-order valence-electron chi connectivity index (χ0n) is 12.5. The van der Waals surface area contributed by atoms with Gasteiger partial charge in [-0.15, -0.1) is 5.10 Å². The lowest BCUT2D eigenvalue weighted by Gasteiger charge is -2.07. The molecular formula is C15H19N3O3. The van der Waals surface area contributed by atoms with Gasteiger partial charge in [-0.1, -0.05) is 22.9 Å². The van der Waals surface area contributed by atoms with Gasteiger partial charge in [0.1, 0.15) is 12.4 Å². The summed E-state index contributed by atoms with van der Waals surface area (Å²) in [5, 5.41) is 7.80. The van der Waals surface area contributed by atoms with E-state index in [-0.39, 0.29) is 5.69 Å². The molecule has 0 aliphatic heterocycles. The normalized spacial score (nSPS) is 10.4. The molecule has 0 fully saturated rings. The number of carbonyl (C=O) groups excluding carboxylic acids is 1. The van der Waals surface area contributed by atoms with Crippen LogP contribution >= 0.6 is 0 Å². The van der Waals surface area contributed by atoms with Gasteiger partial charge in [0.25, 0.3) is 0 Å². The number of aromatic nitrogens is 3. The number of esters is 1. The lowest BCUT2D eigenvalue weighted by atomic mass is 10.2. The molecule has 0 N–H and O–H groups in total. The Bertz CT molecular complexity index is 605. The molecule has 0 bridgehead atoms. The zero-order chi connectivity index (χ0) is 15.2. The Hall–Kier alpha value is -2.37. The van der Waals surface area contributed by atoms with Gasteiger partial charge in [0.05, 0.1) is 18.8 Å². The number of nitrogens with zero attached hydrogens (tertiary/aromatic N) is 3. The minimum absolute atomic E-state index is 0.257. The Balaban J connectivity index is 1.92. The first-order chi connectivity index (χ1) is 10.1. The molecule has 0 atom stereocenters. The molecule has 6 heteroatoms. The van der Waals surface area contributed by atoms with Crippen molar-refractivity contribution in [3.63, 3.8) is 0 Å². The smallest absolute Gasteiger partial charge is 0.360 e. The molecule has 0 aliphatic rings. The third-order valence-corrected chi connectivity index (χ3v) is 3.04. The van der Waals surface area contributed by atoms with E-state index in [1.807, 2.05) is 31.2 Å². The fourth-order valence-electron chi connectivity index (χ4n) is 1.85. The number of ether oxygens (including phenoxy) is 2. The number of carbonyl (C=O) groups is 1. The summed E-state index contributed by atoms with van der Waals surface area (Å²) < 4.78 is 12.2. The minimum atomic E-state index is -0.444. The van der Waals surface area contributed by atoms with Crippen molar-refractivity contribution in [3.05, 3.63) is 41.2 Å². The number of hydrogen-bond donors (Lipinski definition) is 0. The van der Waals surface area contributed by atoms with Crippen molar-refractivity contribution in [3.8, 4) is 5.75 Å². The van der Waals surface area contributed by atoms with E-state index in [1.54, 1.807) is 18.5 Å². The van der Waals surface area contributed by atoms with E-state index in [0.717, 1.165) is 5.75 Å². The largest absolute Gasteiger partial charge is 0.492 e. The molecule has 21 heavy (non-hydrogen) atoms. The molecule has 1 aromatic carbocycles. The van der Waals surface area contributed by atoms with Crippen molar-refractivity contribution in [1.82, 2.24) is 15.0 Å². The highest BCUT2D eigenvalue weighted by Crippen LogP contribution is 2.12. The summed E-state index contributed by atoms with van der Waals surface area (Å²) in [7, 11) is 0. The van der Waals surface area contributed by atoms with Gasteiger partial charge in [0.2, 0.25) is 0 Å². The highest BCUT2D eigenvalue weighted by molar-refractivity contribution is 5.88. The van der Waals surface area contributed by atoms with Crippen LogP contribution in [0.2, 0.25) is 0 Å². The molecule has 0 radical (unpaired) electrons. The van der Waals surface area contributed by atoms with Crippen molar-refractivity contribution >= 4 is 5.97 Å². The predicted molar refractivity (Wildman–Crippen MR) is 77.4 cm³/mol. The highest BCUT2D eigenvalue weighted by Gasteiger charge is 2.17. The first-order valence-electron chi connectivity index (χ1n) is 6.88. The topological polar surface area (TPSA) is 66.2 Å². The summed E-state index contributed by atoms with van der Waals surface area (Å²) >= 11 is 0. The van der Waals surface area contributed by atoms with Crippen LogP contribution in [0.5, 0.6) is 5.75 Å². The molecule has 1 heterocycles. The van der Waals surface area contributed by atoms with Crippen molar-refractivity contribution in [1.29, 1.82) is 0 Å². The maximum absolute atomic E-state index is 11.6. The van der Waals surface area contributed by atoms with Crippen LogP contribution in [-0.4, -0.2) is 34.2 Å². The molecule has 0 saturated carbocycles. The van der Waals surface area contributed by atoms with E-state index in [2.05, 4.69) is 10.3 Å². The maximum Gasteiger partial charge on any atom is 0.360 e. The van der Waals surface area contributed by atoms with Crippen LogP contribution in [0.3, 0.4) is 0 Å². The van der Waals surface area contributed by atoms with E-state index in [9.17, 15) is 4.79 Å². The molecule has 2 aromatic rings. The summed E-state index contributed by atoms with van der Waals surface area (Å²) in [6, 6.07) is 7.84. The minimum Gasteiger partial charge on any atom is -0.492 e. The lowest BCUT2D eigenvalue weighted by Crippen LogP contribution is -2.12. The van der Waals surface area contributed by atoms with Crippen molar-refractivity contribution < 1.29 is 14.3 Å². The molecule has 0 aliphatic carbocycles. The Morgan fingerprint density at radius 1 is 1.24 bits per heavy atom. The summed E-state index contributed by atoms with van der Waals surface area (Å²) in [4.78, 5) is 11.6. The SMILES string of the molecule is CCOC(=O)c1nnn(CCOc2ccc(C)cc2)c1C. The third kappa shape index (κ3) is 3.81. The average Bonchev–Trinajstić information content (AvgIpc) is 2.83. The maximum atomic E-state index is 11.6. The fraction of sp³-hybridized carbons (Fsp3) is 0.400. The standard InChI is InChI=1S/C15H19N3O3/c1-4-20-15(19)14-12(3)18(17-16-14)9-10-21-13-7-5-11(2)6-8-13/h5-8H,4,9-10H2,1-3H3. The third-order valence-electron chi connectivity index (χ3n) is 3.04. The van der Waals surface area contributed by atoms with Crippen LogP contribution in [0.1, 0.15) is 28.7 Å². The van der Waals surface area contributed by atoms with Crippen LogP contribution in [0.15, 0.2) is 24.3 Å². The van der Waals surface area contributed by atoms with Gasteiger partial charge in [0, 0.05) is 0 Å².